The van der Waals surface area contributed by atoms with Gasteiger partial charge in [-0.1, -0.05) is 23.8 Å². The third-order valence-electron chi connectivity index (χ3n) is 6.74. The molecule has 3 aromatic heterocycles. The maximum absolute atomic E-state index is 12.9. The average molecular weight is 473 g/mol. The second-order valence-electron chi connectivity index (χ2n) is 9.32. The lowest BCUT2D eigenvalue weighted by molar-refractivity contribution is 0.0772. The van der Waals surface area contributed by atoms with E-state index in [0.29, 0.717) is 12.5 Å². The number of amides is 1. The number of fused-ring (bicyclic) bond motifs is 1. The molecule has 4 heterocycles. The Balaban J connectivity index is 1.38. The molecule has 6 rings (SSSR count). The molecule has 1 saturated heterocycles. The van der Waals surface area contributed by atoms with Crippen LogP contribution < -0.4 is 4.90 Å². The van der Waals surface area contributed by atoms with Gasteiger partial charge in [0.15, 0.2) is 5.65 Å². The fourth-order valence-electron chi connectivity index (χ4n) is 4.69. The third-order valence-corrected chi connectivity index (χ3v) is 7.59. The topological polar surface area (TPSA) is 67.2 Å². The normalized spacial score (nSPS) is 16.8. The minimum absolute atomic E-state index is 0.131. The van der Waals surface area contributed by atoms with Gasteiger partial charge in [-0.05, 0) is 56.7 Å². The zero-order valence-electron chi connectivity index (χ0n) is 19.6. The molecule has 1 amide bonds. The van der Waals surface area contributed by atoms with Crippen LogP contribution in [0.5, 0.6) is 0 Å². The van der Waals surface area contributed by atoms with Crippen molar-refractivity contribution in [3.05, 3.63) is 63.7 Å². The van der Waals surface area contributed by atoms with Crippen molar-refractivity contribution in [2.45, 2.75) is 39.0 Å². The third kappa shape index (κ3) is 3.86. The number of hydrogen-bond acceptors (Lipinski definition) is 6. The largest absolute Gasteiger partial charge is 0.354 e. The van der Waals surface area contributed by atoms with Crippen molar-refractivity contribution in [3.8, 4) is 5.69 Å². The number of aromatic nitrogens is 4. The number of nitrogens with zero attached hydrogens (tertiary/aromatic N) is 6. The van der Waals surface area contributed by atoms with Gasteiger partial charge in [0.2, 0.25) is 0 Å². The Kier molecular flexibility index (Phi) is 5.32. The predicted molar refractivity (Wildman–Crippen MR) is 135 cm³/mol. The highest BCUT2D eigenvalue weighted by atomic mass is 32.1. The van der Waals surface area contributed by atoms with E-state index in [1.165, 1.54) is 16.9 Å². The molecule has 0 radical (unpaired) electrons. The zero-order valence-corrected chi connectivity index (χ0v) is 20.4. The van der Waals surface area contributed by atoms with Crippen LogP contribution in [0, 0.1) is 13.8 Å². The average Bonchev–Trinajstić information content (AvgIpc) is 3.53. The second kappa shape index (κ2) is 8.51. The van der Waals surface area contributed by atoms with E-state index >= 15 is 0 Å². The lowest BCUT2D eigenvalue weighted by Crippen LogP contribution is -2.35. The van der Waals surface area contributed by atoms with Crippen molar-refractivity contribution in [3.63, 3.8) is 0 Å². The number of hydrogen-bond donors (Lipinski definition) is 0. The van der Waals surface area contributed by atoms with Crippen molar-refractivity contribution >= 4 is 34.1 Å². The number of anilines is 1. The first-order chi connectivity index (χ1) is 16.6. The Morgan fingerprint density at radius 3 is 2.56 bits per heavy atom. The second-order valence-corrected chi connectivity index (χ2v) is 10.3. The number of carbonyl (C=O) groups excluding carboxylic acids is 1. The molecule has 8 heteroatoms. The highest BCUT2D eigenvalue weighted by molar-refractivity contribution is 7.12. The summed E-state index contributed by atoms with van der Waals surface area (Å²) in [5.74, 6) is 2.46. The number of aryl methyl sites for hydroxylation is 2. The van der Waals surface area contributed by atoms with E-state index in [1.807, 2.05) is 34.0 Å². The summed E-state index contributed by atoms with van der Waals surface area (Å²) in [7, 11) is 0. The summed E-state index contributed by atoms with van der Waals surface area (Å²) in [5.41, 5.74) is 4.04. The van der Waals surface area contributed by atoms with Crippen LogP contribution in [0.4, 0.5) is 5.82 Å². The quantitative estimate of drug-likeness (QED) is 0.430. The lowest BCUT2D eigenvalue weighted by Gasteiger charge is -2.24. The van der Waals surface area contributed by atoms with Crippen molar-refractivity contribution < 1.29 is 4.79 Å². The van der Waals surface area contributed by atoms with Crippen LogP contribution >= 0.6 is 11.3 Å². The number of thiophene rings is 1. The smallest absolute Gasteiger partial charge is 0.263 e. The van der Waals surface area contributed by atoms with Crippen LogP contribution in [0.15, 0.2) is 41.8 Å². The standard InChI is InChI=1S/C26H28N6OS/c1-17-6-10-20(11-7-17)32-25-22(18(2)29-32)24(27-23(28-25)19-8-9-19)30-12-4-13-31(15-14-30)26(33)21-5-3-16-34-21/h3,5-7,10-11,16,19H,4,8-9,12-15H2,1-2H3. The van der Waals surface area contributed by atoms with E-state index in [2.05, 4.69) is 36.1 Å². The monoisotopic (exact) mass is 472 g/mol. The minimum atomic E-state index is 0.131. The summed E-state index contributed by atoms with van der Waals surface area (Å²) in [6.45, 7) is 7.20. The molecule has 2 aliphatic rings. The first-order valence-corrected chi connectivity index (χ1v) is 12.9. The van der Waals surface area contributed by atoms with Crippen LogP contribution in [-0.4, -0.2) is 56.7 Å². The van der Waals surface area contributed by atoms with E-state index < -0.39 is 0 Å². The predicted octanol–water partition coefficient (Wildman–Crippen LogP) is 4.72. The van der Waals surface area contributed by atoms with Crippen molar-refractivity contribution in [2.75, 3.05) is 31.1 Å². The Hall–Kier alpha value is -3.26. The summed E-state index contributed by atoms with van der Waals surface area (Å²) in [6, 6.07) is 12.3. The molecule has 0 bridgehead atoms. The van der Waals surface area contributed by atoms with Gasteiger partial charge in [-0.15, -0.1) is 11.3 Å². The number of benzene rings is 1. The first kappa shape index (κ1) is 21.3. The Labute approximate surface area is 203 Å². The number of rotatable bonds is 4. The molecular weight excluding hydrogens is 444 g/mol. The highest BCUT2D eigenvalue weighted by Gasteiger charge is 2.31. The van der Waals surface area contributed by atoms with Gasteiger partial charge in [0, 0.05) is 32.1 Å². The van der Waals surface area contributed by atoms with Gasteiger partial charge in [-0.25, -0.2) is 14.6 Å². The summed E-state index contributed by atoms with van der Waals surface area (Å²) in [6.07, 6.45) is 3.20. The summed E-state index contributed by atoms with van der Waals surface area (Å²) < 4.78 is 1.96. The van der Waals surface area contributed by atoms with Crippen LogP contribution in [0.2, 0.25) is 0 Å². The molecular formula is C26H28N6OS. The van der Waals surface area contributed by atoms with Crippen molar-refractivity contribution in [1.29, 1.82) is 0 Å². The van der Waals surface area contributed by atoms with Gasteiger partial charge in [-0.3, -0.25) is 4.79 Å². The molecule has 1 saturated carbocycles. The van der Waals surface area contributed by atoms with Gasteiger partial charge in [0.1, 0.15) is 11.6 Å². The van der Waals surface area contributed by atoms with Crippen molar-refractivity contribution in [1.82, 2.24) is 24.6 Å². The molecule has 0 unspecified atom stereocenters. The molecule has 7 nitrogen and oxygen atoms in total. The molecule has 1 aliphatic heterocycles. The van der Waals surface area contributed by atoms with Gasteiger partial charge in [-0.2, -0.15) is 5.10 Å². The Bertz CT molecular complexity index is 1340. The summed E-state index contributed by atoms with van der Waals surface area (Å²) in [4.78, 5) is 28.2. The zero-order chi connectivity index (χ0) is 23.2. The minimum Gasteiger partial charge on any atom is -0.354 e. The molecule has 0 spiro atoms. The van der Waals surface area contributed by atoms with Gasteiger partial charge >= 0.3 is 0 Å². The maximum Gasteiger partial charge on any atom is 0.263 e. The Morgan fingerprint density at radius 1 is 1.00 bits per heavy atom. The molecule has 4 aromatic rings. The highest BCUT2D eigenvalue weighted by Crippen LogP contribution is 2.40. The van der Waals surface area contributed by atoms with E-state index in [-0.39, 0.29) is 5.91 Å². The molecule has 0 atom stereocenters. The maximum atomic E-state index is 12.9. The van der Waals surface area contributed by atoms with E-state index in [1.54, 1.807) is 0 Å². The van der Waals surface area contributed by atoms with Gasteiger partial charge < -0.3 is 9.80 Å². The molecule has 1 aromatic carbocycles. The van der Waals surface area contributed by atoms with E-state index in [4.69, 9.17) is 15.1 Å². The SMILES string of the molecule is Cc1ccc(-n2nc(C)c3c(N4CCCN(C(=O)c5cccs5)CC4)nc(C4CC4)nc32)cc1. The molecule has 1 aliphatic carbocycles. The fourth-order valence-corrected chi connectivity index (χ4v) is 5.38. The fraction of sp³-hybridized carbons (Fsp3) is 0.385. The molecule has 34 heavy (non-hydrogen) atoms. The van der Waals surface area contributed by atoms with Gasteiger partial charge in [0.25, 0.3) is 5.91 Å². The Morgan fingerprint density at radius 2 is 1.82 bits per heavy atom. The van der Waals surface area contributed by atoms with Crippen LogP contribution in [0.1, 0.15) is 51.9 Å². The number of carbonyl (C=O) groups is 1. The van der Waals surface area contributed by atoms with Crippen LogP contribution in [0.25, 0.3) is 16.7 Å². The lowest BCUT2D eigenvalue weighted by atomic mass is 10.2. The van der Waals surface area contributed by atoms with Crippen molar-refractivity contribution in [2.24, 2.45) is 0 Å². The van der Waals surface area contributed by atoms with E-state index in [0.717, 1.165) is 77.8 Å². The molecule has 174 valence electrons. The van der Waals surface area contributed by atoms with E-state index in [9.17, 15) is 4.79 Å². The summed E-state index contributed by atoms with van der Waals surface area (Å²) >= 11 is 1.51. The van der Waals surface area contributed by atoms with Gasteiger partial charge in [0.05, 0.1) is 21.6 Å². The van der Waals surface area contributed by atoms with Crippen LogP contribution in [-0.2, 0) is 0 Å². The molecule has 0 N–H and O–H groups in total. The summed E-state index contributed by atoms with van der Waals surface area (Å²) in [5, 5.41) is 7.87. The molecule has 2 fully saturated rings. The first-order valence-electron chi connectivity index (χ1n) is 12.0. The van der Waals surface area contributed by atoms with Crippen LogP contribution in [0.3, 0.4) is 0 Å².